The maximum absolute atomic E-state index is 10.9. The number of imidazole rings is 2. The molecule has 7 heteroatoms. The molecule has 4 aromatic rings. The van der Waals surface area contributed by atoms with Gasteiger partial charge in [-0.1, -0.05) is 42.5 Å². The molecule has 2 atom stereocenters. The van der Waals surface area contributed by atoms with Gasteiger partial charge < -0.3 is 20.8 Å². The molecule has 0 saturated carbocycles. The number of aromatic nitrogens is 4. The van der Waals surface area contributed by atoms with Crippen LogP contribution in [0.25, 0.3) is 33.6 Å². The fraction of sp³-hybridized carbons (Fsp3) is 0.379. The number of fused-ring (bicyclic) bond motifs is 3. The molecule has 2 aromatic heterocycles. The Balaban J connectivity index is 1.17. The average Bonchev–Trinajstić information content (AvgIpc) is 3.71. The molecule has 0 spiro atoms. The molecule has 2 saturated heterocycles. The van der Waals surface area contributed by atoms with E-state index in [-0.39, 0.29) is 6.04 Å². The van der Waals surface area contributed by atoms with Crippen molar-refractivity contribution in [2.75, 3.05) is 13.1 Å². The second kappa shape index (κ2) is 8.91. The molecule has 7 nitrogen and oxygen atoms in total. The number of hydrogen-bond donors (Lipinski definition) is 4. The van der Waals surface area contributed by atoms with Gasteiger partial charge in [0.15, 0.2) is 5.82 Å². The summed E-state index contributed by atoms with van der Waals surface area (Å²) in [5.74, 6) is 1.91. The van der Waals surface area contributed by atoms with E-state index in [0.717, 1.165) is 61.0 Å². The lowest BCUT2D eigenvalue weighted by Gasteiger charge is -2.10. The van der Waals surface area contributed by atoms with Crippen molar-refractivity contribution in [1.29, 1.82) is 0 Å². The summed E-state index contributed by atoms with van der Waals surface area (Å²) >= 11 is 0. The fourth-order valence-corrected chi connectivity index (χ4v) is 6.35. The number of nitrogens with zero attached hydrogens (tertiary/aromatic N) is 3. The van der Waals surface area contributed by atoms with Gasteiger partial charge in [-0.2, -0.15) is 4.73 Å². The van der Waals surface area contributed by atoms with Gasteiger partial charge in [0.1, 0.15) is 12.1 Å². The second-order valence-electron chi connectivity index (χ2n) is 10.6. The highest BCUT2D eigenvalue weighted by molar-refractivity contribution is 5.75. The highest BCUT2D eigenvalue weighted by Crippen LogP contribution is 2.36. The van der Waals surface area contributed by atoms with Crippen LogP contribution in [0, 0.1) is 0 Å². The van der Waals surface area contributed by atoms with E-state index in [0.29, 0.717) is 6.04 Å². The zero-order chi connectivity index (χ0) is 24.1. The molecule has 7 rings (SSSR count). The number of rotatable bonds is 4. The van der Waals surface area contributed by atoms with Crippen LogP contribution in [0.15, 0.2) is 48.7 Å². The van der Waals surface area contributed by atoms with Crippen LogP contribution in [-0.2, 0) is 12.8 Å². The number of quaternary nitrogens is 2. The van der Waals surface area contributed by atoms with Gasteiger partial charge in [0.05, 0.1) is 36.4 Å². The van der Waals surface area contributed by atoms with Gasteiger partial charge in [-0.3, -0.25) is 0 Å². The first-order valence-electron chi connectivity index (χ1n) is 13.5. The monoisotopic (exact) mass is 482 g/mol. The summed E-state index contributed by atoms with van der Waals surface area (Å²) in [5.41, 5.74) is 9.11. The molecule has 2 aromatic carbocycles. The molecule has 0 amide bonds. The van der Waals surface area contributed by atoms with Crippen LogP contribution in [0.2, 0.25) is 0 Å². The van der Waals surface area contributed by atoms with Gasteiger partial charge in [0.2, 0.25) is 5.82 Å². The molecule has 3 aliphatic rings. The summed E-state index contributed by atoms with van der Waals surface area (Å²) in [7, 11) is 0. The lowest BCUT2D eigenvalue weighted by molar-refractivity contribution is -0.678. The van der Waals surface area contributed by atoms with Gasteiger partial charge >= 0.3 is 0 Å². The third-order valence-corrected chi connectivity index (χ3v) is 8.34. The number of aryl methyl sites for hydroxylation is 1. The zero-order valence-corrected chi connectivity index (χ0v) is 20.6. The molecular formula is C29H34N6O+2. The Morgan fingerprint density at radius 3 is 2.39 bits per heavy atom. The maximum Gasteiger partial charge on any atom is 0.203 e. The van der Waals surface area contributed by atoms with Crippen LogP contribution >= 0.6 is 0 Å². The molecule has 2 aliphatic heterocycles. The SMILES string of the molecule is On1c(C2CCC[NH2+]2)nc2c1CCCc1cc(-c3ccc(-c4cnc(C5CCC[NH2+]5)[nH]4)cc3)ccc1-2. The Kier molecular flexibility index (Phi) is 5.40. The summed E-state index contributed by atoms with van der Waals surface area (Å²) in [4.78, 5) is 13.2. The summed E-state index contributed by atoms with van der Waals surface area (Å²) in [6.07, 6.45) is 9.56. The Hall–Kier alpha value is -3.42. The topological polar surface area (TPSA) is 99.9 Å². The molecule has 0 radical (unpaired) electrons. The van der Waals surface area contributed by atoms with E-state index in [9.17, 15) is 5.21 Å². The average molecular weight is 483 g/mol. The van der Waals surface area contributed by atoms with E-state index in [1.807, 2.05) is 6.20 Å². The lowest BCUT2D eigenvalue weighted by atomic mass is 9.95. The minimum atomic E-state index is 0.269. The minimum absolute atomic E-state index is 0.269. The van der Waals surface area contributed by atoms with Crippen LogP contribution in [0.1, 0.15) is 67.1 Å². The van der Waals surface area contributed by atoms with E-state index in [4.69, 9.17) is 4.98 Å². The molecule has 2 fully saturated rings. The number of benzene rings is 2. The number of hydrogen-bond acceptors (Lipinski definition) is 3. The molecule has 0 bridgehead atoms. The van der Waals surface area contributed by atoms with E-state index in [1.54, 1.807) is 0 Å². The van der Waals surface area contributed by atoms with Gasteiger partial charge in [0.25, 0.3) is 0 Å². The first-order valence-corrected chi connectivity index (χ1v) is 13.5. The van der Waals surface area contributed by atoms with Crippen molar-refractivity contribution in [3.8, 4) is 33.6 Å². The smallest absolute Gasteiger partial charge is 0.203 e. The molecule has 2 unspecified atom stereocenters. The Morgan fingerprint density at radius 1 is 0.861 bits per heavy atom. The van der Waals surface area contributed by atoms with Crippen molar-refractivity contribution in [2.24, 2.45) is 0 Å². The van der Waals surface area contributed by atoms with Crippen molar-refractivity contribution in [1.82, 2.24) is 19.7 Å². The highest BCUT2D eigenvalue weighted by Gasteiger charge is 2.31. The van der Waals surface area contributed by atoms with Gasteiger partial charge in [-0.05, 0) is 41.5 Å². The highest BCUT2D eigenvalue weighted by atomic mass is 16.5. The van der Waals surface area contributed by atoms with Gasteiger partial charge in [-0.25, -0.2) is 9.97 Å². The normalized spacial score (nSPS) is 21.3. The molecular weight excluding hydrogens is 448 g/mol. The standard InChI is InChI=1S/C29H32N6O/c36-35-26-7-1-4-21-16-20(12-13-22(21)27(26)34-29(35)24-6-3-15-31-24)18-8-10-19(11-9-18)25-17-32-28(33-25)23-5-2-14-30-23/h8-13,16-17,23-24,30-31,36H,1-7,14-15H2,(H,32,33)/p+2. The van der Waals surface area contributed by atoms with E-state index in [1.165, 1.54) is 58.4 Å². The van der Waals surface area contributed by atoms with Crippen LogP contribution < -0.4 is 10.6 Å². The summed E-state index contributed by atoms with van der Waals surface area (Å²) in [5, 5.41) is 15.6. The predicted molar refractivity (Wildman–Crippen MR) is 137 cm³/mol. The van der Waals surface area contributed by atoms with Crippen molar-refractivity contribution in [2.45, 2.75) is 57.0 Å². The van der Waals surface area contributed by atoms with Crippen LogP contribution in [0.4, 0.5) is 0 Å². The number of nitrogens with two attached hydrogens (primary N) is 2. The largest absolute Gasteiger partial charge is 0.427 e. The van der Waals surface area contributed by atoms with E-state index in [2.05, 4.69) is 63.1 Å². The summed E-state index contributed by atoms with van der Waals surface area (Å²) in [6, 6.07) is 16.3. The quantitative estimate of drug-likeness (QED) is 0.336. The van der Waals surface area contributed by atoms with Gasteiger partial charge in [-0.15, -0.1) is 0 Å². The molecule has 36 heavy (non-hydrogen) atoms. The molecule has 4 heterocycles. The van der Waals surface area contributed by atoms with Crippen molar-refractivity contribution < 1.29 is 15.8 Å². The van der Waals surface area contributed by atoms with E-state index < -0.39 is 0 Å². The molecule has 184 valence electrons. The summed E-state index contributed by atoms with van der Waals surface area (Å²) < 4.78 is 1.40. The Morgan fingerprint density at radius 2 is 1.61 bits per heavy atom. The van der Waals surface area contributed by atoms with Crippen molar-refractivity contribution in [3.63, 3.8) is 0 Å². The Bertz CT molecular complexity index is 1390. The third kappa shape index (κ3) is 3.74. The van der Waals surface area contributed by atoms with Crippen molar-refractivity contribution in [3.05, 3.63) is 71.6 Å². The minimum Gasteiger partial charge on any atom is -0.427 e. The summed E-state index contributed by atoms with van der Waals surface area (Å²) in [6.45, 7) is 2.31. The predicted octanol–water partition coefficient (Wildman–Crippen LogP) is 3.13. The first-order chi connectivity index (χ1) is 17.7. The lowest BCUT2D eigenvalue weighted by Crippen LogP contribution is -2.82. The van der Waals surface area contributed by atoms with Crippen LogP contribution in [0.3, 0.4) is 0 Å². The maximum atomic E-state index is 10.9. The zero-order valence-electron chi connectivity index (χ0n) is 20.6. The molecule has 6 N–H and O–H groups in total. The first kappa shape index (κ1) is 21.8. The van der Waals surface area contributed by atoms with E-state index >= 15 is 0 Å². The number of H-pyrrole nitrogens is 1. The van der Waals surface area contributed by atoms with Gasteiger partial charge in [0, 0.05) is 31.2 Å². The van der Waals surface area contributed by atoms with Crippen LogP contribution in [0.5, 0.6) is 0 Å². The van der Waals surface area contributed by atoms with Crippen LogP contribution in [-0.4, -0.2) is 38.0 Å². The molecule has 1 aliphatic carbocycles. The second-order valence-corrected chi connectivity index (χ2v) is 10.6. The Labute approximate surface area is 211 Å². The number of nitrogens with one attached hydrogen (secondary N) is 1. The third-order valence-electron chi connectivity index (χ3n) is 8.34. The van der Waals surface area contributed by atoms with Crippen molar-refractivity contribution >= 4 is 0 Å². The number of aromatic amines is 1. The fourth-order valence-electron chi connectivity index (χ4n) is 6.35.